The topological polar surface area (TPSA) is 44.8 Å². The molecule has 0 aliphatic rings. The van der Waals surface area contributed by atoms with E-state index in [1.165, 1.54) is 0 Å². The van der Waals surface area contributed by atoms with Gasteiger partial charge in [0.15, 0.2) is 0 Å². The third-order valence-electron chi connectivity index (χ3n) is 3.70. The fourth-order valence-electron chi connectivity index (χ4n) is 1.30. The molecule has 0 fully saturated rings. The van der Waals surface area contributed by atoms with E-state index in [1.54, 1.807) is 0 Å². The van der Waals surface area contributed by atoms with Crippen LogP contribution >= 0.6 is 0 Å². The Balaban J connectivity index is 4.24. The Bertz CT molecular complexity index is 259. The highest BCUT2D eigenvalue weighted by Crippen LogP contribution is 2.31. The fourth-order valence-corrected chi connectivity index (χ4v) is 1.30. The summed E-state index contributed by atoms with van der Waals surface area (Å²) >= 11 is 0. The molecule has 0 aromatic rings. The first-order chi connectivity index (χ1) is 8.17. The minimum Gasteiger partial charge on any atom is -0.268 e. The van der Waals surface area contributed by atoms with Gasteiger partial charge in [0.25, 0.3) is 0 Å². The van der Waals surface area contributed by atoms with Crippen molar-refractivity contribution in [3.8, 4) is 0 Å². The van der Waals surface area contributed by atoms with E-state index in [0.29, 0.717) is 0 Å². The van der Waals surface area contributed by atoms with Crippen molar-refractivity contribution < 1.29 is 19.6 Å². The van der Waals surface area contributed by atoms with Gasteiger partial charge < -0.3 is 0 Å². The quantitative estimate of drug-likeness (QED) is 0.488. The minimum absolute atomic E-state index is 0.234. The molecule has 0 spiro atoms. The van der Waals surface area contributed by atoms with Gasteiger partial charge in [-0.25, -0.2) is 4.79 Å². The average Bonchev–Trinajstić information content (AvgIpc) is 2.28. The largest absolute Gasteiger partial charge is 0.351 e. The molecule has 0 saturated heterocycles. The molecule has 108 valence electrons. The smallest absolute Gasteiger partial charge is 0.268 e. The Kier molecular flexibility index (Phi) is 6.86. The Morgan fingerprint density at radius 2 is 1.72 bits per heavy atom. The molecule has 4 heteroatoms. The highest BCUT2D eigenvalue weighted by molar-refractivity contribution is 5.75. The molecule has 0 aliphatic carbocycles. The van der Waals surface area contributed by atoms with Gasteiger partial charge >= 0.3 is 5.97 Å². The van der Waals surface area contributed by atoms with Crippen molar-refractivity contribution in [2.45, 2.75) is 73.3 Å². The molecule has 0 rings (SSSR count). The van der Waals surface area contributed by atoms with Crippen LogP contribution in [0.25, 0.3) is 0 Å². The number of hydrogen-bond acceptors (Lipinski definition) is 4. The third kappa shape index (κ3) is 5.36. The van der Waals surface area contributed by atoms with E-state index in [9.17, 15) is 4.79 Å². The van der Waals surface area contributed by atoms with Gasteiger partial charge in [-0.05, 0) is 51.5 Å². The number of hydrogen-bond donors (Lipinski definition) is 0. The Morgan fingerprint density at radius 1 is 1.17 bits per heavy atom. The summed E-state index contributed by atoms with van der Waals surface area (Å²) < 4.78 is 0. The van der Waals surface area contributed by atoms with Crippen molar-refractivity contribution >= 4 is 5.97 Å². The Hall–Kier alpha value is -0.610. The summed E-state index contributed by atoms with van der Waals surface area (Å²) in [7, 11) is 0. The minimum atomic E-state index is -0.574. The van der Waals surface area contributed by atoms with Gasteiger partial charge in [0.2, 0.25) is 0 Å². The van der Waals surface area contributed by atoms with Crippen molar-refractivity contribution in [2.24, 2.45) is 11.3 Å². The highest BCUT2D eigenvalue weighted by Gasteiger charge is 2.36. The van der Waals surface area contributed by atoms with Crippen LogP contribution in [-0.2, 0) is 19.6 Å². The molecule has 0 heterocycles. The lowest BCUT2D eigenvalue weighted by Gasteiger charge is -2.28. The predicted molar refractivity (Wildman–Crippen MR) is 70.5 cm³/mol. The van der Waals surface area contributed by atoms with E-state index in [0.717, 1.165) is 19.3 Å². The zero-order valence-corrected chi connectivity index (χ0v) is 12.8. The molecule has 4 nitrogen and oxygen atoms in total. The molecule has 0 aliphatic heterocycles. The first-order valence-corrected chi connectivity index (χ1v) is 6.74. The second-order valence-corrected chi connectivity index (χ2v) is 6.05. The van der Waals surface area contributed by atoms with E-state index < -0.39 is 17.0 Å². The third-order valence-corrected chi connectivity index (χ3v) is 3.70. The molecule has 0 amide bonds. The average molecular weight is 260 g/mol. The van der Waals surface area contributed by atoms with Crippen LogP contribution in [0.2, 0.25) is 0 Å². The van der Waals surface area contributed by atoms with E-state index in [2.05, 4.69) is 12.0 Å². The van der Waals surface area contributed by atoms with E-state index in [4.69, 9.17) is 9.78 Å². The summed E-state index contributed by atoms with van der Waals surface area (Å²) in [5.41, 5.74) is -1.03. The van der Waals surface area contributed by atoms with Gasteiger partial charge in [0, 0.05) is 0 Å². The summed E-state index contributed by atoms with van der Waals surface area (Å²) in [5.74, 6) is -0.159. The van der Waals surface area contributed by atoms with Crippen molar-refractivity contribution in [1.82, 2.24) is 0 Å². The Morgan fingerprint density at radius 3 is 2.17 bits per heavy atom. The SMILES string of the molecule is CCCC(C)C(C)(C)C(=O)OOOC(C)(C)CC. The maximum atomic E-state index is 11.9. The van der Waals surface area contributed by atoms with Gasteiger partial charge in [0.05, 0.1) is 5.41 Å². The molecular formula is C14H28O4. The fraction of sp³-hybridized carbons (Fsp3) is 0.929. The summed E-state index contributed by atoms with van der Waals surface area (Å²) in [4.78, 5) is 21.7. The molecule has 0 aromatic heterocycles. The van der Waals surface area contributed by atoms with Gasteiger partial charge in [-0.3, -0.25) is 4.89 Å². The van der Waals surface area contributed by atoms with Crippen molar-refractivity contribution in [2.75, 3.05) is 0 Å². The molecule has 0 N–H and O–H groups in total. The van der Waals surface area contributed by atoms with Crippen LogP contribution in [0.15, 0.2) is 0 Å². The molecule has 18 heavy (non-hydrogen) atoms. The van der Waals surface area contributed by atoms with E-state index in [-0.39, 0.29) is 5.92 Å². The number of carbonyl (C=O) groups is 1. The lowest BCUT2D eigenvalue weighted by Crippen LogP contribution is -2.34. The Labute approximate surface area is 111 Å². The van der Waals surface area contributed by atoms with Crippen molar-refractivity contribution in [3.63, 3.8) is 0 Å². The monoisotopic (exact) mass is 260 g/mol. The van der Waals surface area contributed by atoms with Crippen LogP contribution in [0, 0.1) is 11.3 Å². The van der Waals surface area contributed by atoms with E-state index >= 15 is 0 Å². The van der Waals surface area contributed by atoms with Gasteiger partial charge in [-0.1, -0.05) is 27.2 Å². The first kappa shape index (κ1) is 17.4. The van der Waals surface area contributed by atoms with E-state index in [1.807, 2.05) is 41.5 Å². The van der Waals surface area contributed by atoms with Crippen LogP contribution in [0.1, 0.15) is 67.7 Å². The van der Waals surface area contributed by atoms with Crippen LogP contribution in [-0.4, -0.2) is 11.6 Å². The zero-order valence-electron chi connectivity index (χ0n) is 12.8. The molecule has 0 radical (unpaired) electrons. The van der Waals surface area contributed by atoms with Crippen LogP contribution in [0.5, 0.6) is 0 Å². The number of rotatable bonds is 8. The van der Waals surface area contributed by atoms with Crippen LogP contribution in [0.3, 0.4) is 0 Å². The van der Waals surface area contributed by atoms with Crippen LogP contribution in [0.4, 0.5) is 0 Å². The lowest BCUT2D eigenvalue weighted by atomic mass is 9.78. The standard InChI is InChI=1S/C14H28O4/c1-8-10-11(3)14(6,7)12(15)16-18-17-13(4,5)9-2/h11H,8-10H2,1-7H3. The van der Waals surface area contributed by atoms with Gasteiger partial charge in [0.1, 0.15) is 5.60 Å². The first-order valence-electron chi connectivity index (χ1n) is 6.74. The molecule has 0 aromatic carbocycles. The lowest BCUT2D eigenvalue weighted by molar-refractivity contribution is -0.519. The summed E-state index contributed by atoms with van der Waals surface area (Å²) in [6.45, 7) is 13.6. The molecule has 0 bridgehead atoms. The predicted octanol–water partition coefficient (Wildman–Crippen LogP) is 4.04. The molecule has 1 atom stereocenters. The summed E-state index contributed by atoms with van der Waals surface area (Å²) in [5, 5.41) is 4.62. The number of carbonyl (C=O) groups excluding carboxylic acids is 1. The van der Waals surface area contributed by atoms with Crippen LogP contribution < -0.4 is 0 Å². The van der Waals surface area contributed by atoms with Gasteiger partial charge in [-0.2, -0.15) is 4.89 Å². The summed E-state index contributed by atoms with van der Waals surface area (Å²) in [6, 6.07) is 0. The molecular weight excluding hydrogens is 232 g/mol. The maximum Gasteiger partial charge on any atom is 0.351 e. The molecule has 1 unspecified atom stereocenters. The second kappa shape index (κ2) is 7.10. The zero-order chi connectivity index (χ0) is 14.4. The maximum absolute atomic E-state index is 11.9. The molecule has 0 saturated carbocycles. The second-order valence-electron chi connectivity index (χ2n) is 6.05. The highest BCUT2D eigenvalue weighted by atomic mass is 17.5. The van der Waals surface area contributed by atoms with Crippen molar-refractivity contribution in [1.29, 1.82) is 0 Å². The van der Waals surface area contributed by atoms with Gasteiger partial charge in [-0.15, -0.1) is 0 Å². The summed E-state index contributed by atoms with van der Waals surface area (Å²) in [6.07, 6.45) is 2.78. The van der Waals surface area contributed by atoms with Crippen molar-refractivity contribution in [3.05, 3.63) is 0 Å². The normalized spacial score (nSPS) is 14.4.